The van der Waals surface area contributed by atoms with E-state index >= 15 is 4.39 Å². The molecule has 2 aromatic carbocycles. The number of alkyl halides is 4. The number of methoxy groups -OCH3 is 2. The molecule has 0 spiro atoms. The third-order valence-electron chi connectivity index (χ3n) is 7.41. The Bertz CT molecular complexity index is 1640. The number of likely N-dealkylation sites (tertiary alicyclic amines) is 1. The number of aromatic nitrogens is 1. The molecule has 3 aromatic rings. The minimum atomic E-state index is -4.52. The summed E-state index contributed by atoms with van der Waals surface area (Å²) in [6.07, 6.45) is -6.08. The summed E-state index contributed by atoms with van der Waals surface area (Å²) in [4.78, 5) is 1.83. The molecule has 4 rings (SSSR count). The number of hydrogen-bond donors (Lipinski definition) is 4. The quantitative estimate of drug-likeness (QED) is 0.173. The molecule has 2 heterocycles. The first-order chi connectivity index (χ1) is 21.3. The van der Waals surface area contributed by atoms with Crippen molar-refractivity contribution in [1.29, 1.82) is 0 Å². The van der Waals surface area contributed by atoms with Gasteiger partial charge in [-0.25, -0.2) is 17.5 Å². The van der Waals surface area contributed by atoms with Gasteiger partial charge in [-0.05, 0) is 49.7 Å². The zero-order chi connectivity index (χ0) is 32.8. The van der Waals surface area contributed by atoms with Crippen LogP contribution in [-0.2, 0) is 21.3 Å². The van der Waals surface area contributed by atoms with Crippen molar-refractivity contribution < 1.29 is 40.6 Å². The van der Waals surface area contributed by atoms with E-state index in [4.69, 9.17) is 9.47 Å². The van der Waals surface area contributed by atoms with Crippen molar-refractivity contribution in [1.82, 2.24) is 14.2 Å². The first-order valence-corrected chi connectivity index (χ1v) is 15.7. The van der Waals surface area contributed by atoms with Crippen LogP contribution in [0.5, 0.6) is 5.75 Å². The fourth-order valence-corrected chi connectivity index (χ4v) is 6.02. The summed E-state index contributed by atoms with van der Waals surface area (Å²) in [7, 11) is 0.464. The number of nitrogens with one attached hydrogen (secondary N) is 3. The lowest BCUT2D eigenvalue weighted by atomic mass is 10.0. The molecule has 0 aliphatic carbocycles. The Kier molecular flexibility index (Phi) is 11.2. The van der Waals surface area contributed by atoms with E-state index in [-0.39, 0.29) is 42.6 Å². The van der Waals surface area contributed by atoms with Gasteiger partial charge in [-0.2, -0.15) is 13.2 Å². The summed E-state index contributed by atoms with van der Waals surface area (Å²) in [5, 5.41) is 16.7. The summed E-state index contributed by atoms with van der Waals surface area (Å²) in [6.45, 7) is -0.171. The maximum absolute atomic E-state index is 15.2. The maximum Gasteiger partial charge on any atom is 0.406 e. The van der Waals surface area contributed by atoms with Crippen LogP contribution in [0.4, 0.5) is 28.9 Å². The number of rotatable bonds is 12. The standard InChI is InChI=1S/C30H37F4N5O5S/c1-35-45(41,42)22-9-10-27(29(15-22)44-3)36-12-5-6-20-14-23-25(7-4-8-28(23)39(20)19-30(32,33)34)37-26-11-13-38(17-24(26)31)16-21(40)18-43-2/h4,7-10,14-15,21,24,26,35-37,40H,11-13,16-19H2,1-3H3/t21-,24-,26+/m1/s1. The van der Waals surface area contributed by atoms with Gasteiger partial charge in [0.15, 0.2) is 0 Å². The van der Waals surface area contributed by atoms with Crippen LogP contribution >= 0.6 is 0 Å². The van der Waals surface area contributed by atoms with Crippen molar-refractivity contribution in [2.24, 2.45) is 0 Å². The molecule has 1 aromatic heterocycles. The van der Waals surface area contributed by atoms with E-state index in [2.05, 4.69) is 27.2 Å². The van der Waals surface area contributed by atoms with Crippen molar-refractivity contribution >= 4 is 32.3 Å². The van der Waals surface area contributed by atoms with Crippen LogP contribution in [-0.4, -0.2) is 102 Å². The first kappa shape index (κ1) is 34.3. The number of β-amino-alcohol motifs (C(OH)–C–C–N with tert-alkyl or cyclic N) is 1. The Labute approximate surface area is 259 Å². The van der Waals surface area contributed by atoms with E-state index in [1.807, 2.05) is 4.90 Å². The SMILES string of the molecule is CNS(=O)(=O)c1ccc(NCC#Cc2cc3c(N[C@H]4CCN(C[C@@H](O)COC)C[C@H]4F)cccc3n2CC(F)(F)F)c(OC)c1. The Morgan fingerprint density at radius 3 is 2.60 bits per heavy atom. The molecule has 0 saturated carbocycles. The highest BCUT2D eigenvalue weighted by atomic mass is 32.2. The average Bonchev–Trinajstić information content (AvgIpc) is 3.33. The number of nitrogens with zero attached hydrogens (tertiary/aromatic N) is 2. The van der Waals surface area contributed by atoms with Gasteiger partial charge in [-0.15, -0.1) is 0 Å². The van der Waals surface area contributed by atoms with Gasteiger partial charge in [-0.3, -0.25) is 4.90 Å². The van der Waals surface area contributed by atoms with Crippen molar-refractivity contribution in [2.45, 2.75) is 42.4 Å². The third-order valence-corrected chi connectivity index (χ3v) is 8.83. The van der Waals surface area contributed by atoms with Crippen LogP contribution < -0.4 is 20.1 Å². The predicted octanol–water partition coefficient (Wildman–Crippen LogP) is 3.42. The van der Waals surface area contributed by atoms with Gasteiger partial charge in [-0.1, -0.05) is 12.0 Å². The second kappa shape index (κ2) is 14.7. The van der Waals surface area contributed by atoms with Crippen LogP contribution in [0.25, 0.3) is 10.9 Å². The topological polar surface area (TPSA) is 117 Å². The number of fused-ring (bicyclic) bond motifs is 1. The fourth-order valence-electron chi connectivity index (χ4n) is 5.28. The average molecular weight is 656 g/mol. The first-order valence-electron chi connectivity index (χ1n) is 14.2. The highest BCUT2D eigenvalue weighted by molar-refractivity contribution is 7.89. The number of halogens is 4. The number of hydrogen-bond acceptors (Lipinski definition) is 8. The normalized spacial score (nSPS) is 18.3. The summed E-state index contributed by atoms with van der Waals surface area (Å²) in [6, 6.07) is 10.1. The molecule has 1 saturated heterocycles. The van der Waals surface area contributed by atoms with Gasteiger partial charge in [0.1, 0.15) is 18.5 Å². The number of anilines is 2. The lowest BCUT2D eigenvalue weighted by Crippen LogP contribution is -2.50. The van der Waals surface area contributed by atoms with E-state index in [0.29, 0.717) is 35.2 Å². The molecule has 0 radical (unpaired) electrons. The van der Waals surface area contributed by atoms with Gasteiger partial charge < -0.3 is 29.8 Å². The van der Waals surface area contributed by atoms with E-state index < -0.39 is 41.1 Å². The minimum absolute atomic E-state index is 0.00470. The van der Waals surface area contributed by atoms with Crippen molar-refractivity contribution in [3.63, 3.8) is 0 Å². The number of aliphatic hydroxyl groups excluding tert-OH is 1. The molecular weight excluding hydrogens is 618 g/mol. The third kappa shape index (κ3) is 8.80. The monoisotopic (exact) mass is 655 g/mol. The summed E-state index contributed by atoms with van der Waals surface area (Å²) in [5.41, 5.74) is 1.37. The van der Waals surface area contributed by atoms with Gasteiger partial charge >= 0.3 is 6.18 Å². The molecule has 0 unspecified atom stereocenters. The van der Waals surface area contributed by atoms with Crippen molar-refractivity contribution in [3.05, 3.63) is 48.2 Å². The maximum atomic E-state index is 15.2. The molecule has 1 aliphatic heterocycles. The van der Waals surface area contributed by atoms with Crippen LogP contribution in [0.15, 0.2) is 47.4 Å². The number of benzene rings is 2. The smallest absolute Gasteiger partial charge is 0.406 e. The zero-order valence-corrected chi connectivity index (χ0v) is 25.9. The molecular formula is C30H37F4N5O5S. The van der Waals surface area contributed by atoms with Gasteiger partial charge in [0.2, 0.25) is 10.0 Å². The van der Waals surface area contributed by atoms with Gasteiger partial charge in [0, 0.05) is 43.9 Å². The minimum Gasteiger partial charge on any atom is -0.495 e. The van der Waals surface area contributed by atoms with Gasteiger partial charge in [0.05, 0.1) is 54.2 Å². The predicted molar refractivity (Wildman–Crippen MR) is 164 cm³/mol. The lowest BCUT2D eigenvalue weighted by molar-refractivity contribution is -0.140. The van der Waals surface area contributed by atoms with E-state index in [1.54, 1.807) is 24.3 Å². The number of piperidine rings is 1. The van der Waals surface area contributed by atoms with Crippen molar-refractivity contribution in [2.75, 3.05) is 64.7 Å². The lowest BCUT2D eigenvalue weighted by Gasteiger charge is -2.36. The van der Waals surface area contributed by atoms with Gasteiger partial charge in [0.25, 0.3) is 0 Å². The van der Waals surface area contributed by atoms with E-state index in [0.717, 1.165) is 4.57 Å². The Hall–Kier alpha value is -3.55. The van der Waals surface area contributed by atoms with Crippen molar-refractivity contribution in [3.8, 4) is 17.6 Å². The second-order valence-corrected chi connectivity index (χ2v) is 12.5. The molecule has 246 valence electrons. The fraction of sp³-hybridized carbons (Fsp3) is 0.467. The molecule has 1 fully saturated rings. The summed E-state index contributed by atoms with van der Waals surface area (Å²) >= 11 is 0. The zero-order valence-electron chi connectivity index (χ0n) is 25.1. The summed E-state index contributed by atoms with van der Waals surface area (Å²) < 4.78 is 93.8. The van der Waals surface area contributed by atoms with Crippen LogP contribution in [0.3, 0.4) is 0 Å². The molecule has 1 aliphatic rings. The number of ether oxygens (including phenoxy) is 2. The molecule has 15 heteroatoms. The Balaban J connectivity index is 1.54. The number of aliphatic hydroxyl groups is 1. The Morgan fingerprint density at radius 1 is 1.16 bits per heavy atom. The molecule has 0 bridgehead atoms. The highest BCUT2D eigenvalue weighted by Crippen LogP contribution is 2.32. The highest BCUT2D eigenvalue weighted by Gasteiger charge is 2.32. The molecule has 10 nitrogen and oxygen atoms in total. The Morgan fingerprint density at radius 2 is 1.93 bits per heavy atom. The largest absolute Gasteiger partial charge is 0.495 e. The second-order valence-electron chi connectivity index (χ2n) is 10.6. The van der Waals surface area contributed by atoms with Crippen LogP contribution in [0.2, 0.25) is 0 Å². The summed E-state index contributed by atoms with van der Waals surface area (Å²) in [5.74, 6) is 5.89. The van der Waals surface area contributed by atoms with Crippen LogP contribution in [0, 0.1) is 11.8 Å². The molecule has 4 N–H and O–H groups in total. The molecule has 3 atom stereocenters. The van der Waals surface area contributed by atoms with Crippen LogP contribution in [0.1, 0.15) is 12.1 Å². The molecule has 45 heavy (non-hydrogen) atoms. The number of sulfonamides is 1. The molecule has 0 amide bonds. The van der Waals surface area contributed by atoms with E-state index in [1.165, 1.54) is 39.5 Å². The van der Waals surface area contributed by atoms with E-state index in [9.17, 15) is 26.7 Å².